The van der Waals surface area contributed by atoms with E-state index in [9.17, 15) is 0 Å². The SMILES string of the molecule is CC.CC.CC.CC[C@H](C)CN[C@H]1O[C@H]2CC3C4CCC5CCCC[C@]5(C)C4CC[C@]3(C)C2[C@@H]1C.O=CO. The lowest BCUT2D eigenvalue weighted by Gasteiger charge is -2.60. The molecule has 1 saturated heterocycles. The Morgan fingerprint density at radius 1 is 0.947 bits per heavy atom. The van der Waals surface area contributed by atoms with Crippen molar-refractivity contribution < 1.29 is 14.6 Å². The normalized spacial score (nSPS) is 42.7. The molecule has 5 aliphatic rings. The summed E-state index contributed by atoms with van der Waals surface area (Å²) in [6, 6.07) is 0. The molecule has 0 spiro atoms. The number of rotatable bonds is 4. The second-order valence-corrected chi connectivity index (χ2v) is 12.7. The zero-order valence-electron chi connectivity index (χ0n) is 27.3. The van der Waals surface area contributed by atoms with Crippen LogP contribution in [0.15, 0.2) is 0 Å². The van der Waals surface area contributed by atoms with Crippen molar-refractivity contribution >= 4 is 6.47 Å². The molecule has 2 N–H and O–H groups in total. The van der Waals surface area contributed by atoms with E-state index >= 15 is 0 Å². The summed E-state index contributed by atoms with van der Waals surface area (Å²) in [7, 11) is 0. The van der Waals surface area contributed by atoms with Crippen LogP contribution in [0, 0.1) is 52.3 Å². The van der Waals surface area contributed by atoms with Gasteiger partial charge >= 0.3 is 0 Å². The third-order valence-electron chi connectivity index (χ3n) is 11.4. The summed E-state index contributed by atoms with van der Waals surface area (Å²) in [5, 5.41) is 10.7. The second-order valence-electron chi connectivity index (χ2n) is 12.7. The maximum atomic E-state index is 8.36. The van der Waals surface area contributed by atoms with E-state index < -0.39 is 0 Å². The average molecular weight is 538 g/mol. The predicted octanol–water partition coefficient (Wildman–Crippen LogP) is 9.42. The van der Waals surface area contributed by atoms with Crippen LogP contribution in [0.25, 0.3) is 0 Å². The molecule has 38 heavy (non-hydrogen) atoms. The Morgan fingerprint density at radius 3 is 2.18 bits per heavy atom. The fourth-order valence-corrected chi connectivity index (χ4v) is 9.60. The monoisotopic (exact) mass is 538 g/mol. The van der Waals surface area contributed by atoms with Crippen LogP contribution in [0.5, 0.6) is 0 Å². The molecular formula is C34H67NO3. The summed E-state index contributed by atoms with van der Waals surface area (Å²) in [5.74, 6) is 6.14. The lowest BCUT2D eigenvalue weighted by Crippen LogP contribution is -2.53. The highest BCUT2D eigenvalue weighted by atomic mass is 16.5. The molecule has 5 unspecified atom stereocenters. The molecule has 226 valence electrons. The van der Waals surface area contributed by atoms with Gasteiger partial charge in [-0.3, -0.25) is 10.1 Å². The maximum absolute atomic E-state index is 8.36. The maximum Gasteiger partial charge on any atom is 0.290 e. The summed E-state index contributed by atoms with van der Waals surface area (Å²) in [5.41, 5.74) is 1.18. The van der Waals surface area contributed by atoms with Gasteiger partial charge in [-0.15, -0.1) is 0 Å². The predicted molar refractivity (Wildman–Crippen MR) is 163 cm³/mol. The number of fused-ring (bicyclic) bond motifs is 7. The van der Waals surface area contributed by atoms with Crippen molar-refractivity contribution in [3.05, 3.63) is 0 Å². The highest BCUT2D eigenvalue weighted by molar-refractivity contribution is 5.32. The van der Waals surface area contributed by atoms with Crippen LogP contribution in [0.2, 0.25) is 0 Å². The highest BCUT2D eigenvalue weighted by Crippen LogP contribution is 2.69. The molecule has 4 saturated carbocycles. The molecule has 0 amide bonds. The number of carboxylic acid groups (broad SMARTS) is 1. The topological polar surface area (TPSA) is 58.6 Å². The molecule has 0 radical (unpaired) electrons. The number of nitrogens with one attached hydrogen (secondary N) is 1. The first kappa shape index (κ1) is 35.4. The Kier molecular flexibility index (Phi) is 15.5. The molecule has 4 heteroatoms. The van der Waals surface area contributed by atoms with Gasteiger partial charge < -0.3 is 9.84 Å². The lowest BCUT2D eigenvalue weighted by molar-refractivity contribution is -0.122. The quantitative estimate of drug-likeness (QED) is 0.351. The molecule has 1 aliphatic heterocycles. The zero-order valence-corrected chi connectivity index (χ0v) is 27.3. The van der Waals surface area contributed by atoms with Gasteiger partial charge in [0.25, 0.3) is 6.47 Å². The Bertz CT molecular complexity index is 656. The summed E-state index contributed by atoms with van der Waals surface area (Å²) in [6.45, 7) is 25.4. The Morgan fingerprint density at radius 2 is 1.58 bits per heavy atom. The van der Waals surface area contributed by atoms with Gasteiger partial charge in [0.15, 0.2) is 0 Å². The molecule has 4 aliphatic carbocycles. The number of hydrogen-bond acceptors (Lipinski definition) is 3. The molecule has 0 aromatic heterocycles. The van der Waals surface area contributed by atoms with Gasteiger partial charge in [0, 0.05) is 12.5 Å². The van der Waals surface area contributed by atoms with E-state index in [4.69, 9.17) is 14.6 Å². The molecule has 0 aromatic rings. The summed E-state index contributed by atoms with van der Waals surface area (Å²) in [6.07, 6.45) is 15.5. The molecule has 5 fully saturated rings. The van der Waals surface area contributed by atoms with Crippen molar-refractivity contribution in [2.75, 3.05) is 6.54 Å². The Labute approximate surface area is 237 Å². The van der Waals surface area contributed by atoms with Gasteiger partial charge in [0.2, 0.25) is 0 Å². The van der Waals surface area contributed by atoms with Crippen LogP contribution in [-0.4, -0.2) is 30.5 Å². The van der Waals surface area contributed by atoms with Crippen LogP contribution in [0.3, 0.4) is 0 Å². The van der Waals surface area contributed by atoms with Gasteiger partial charge in [0.05, 0.1) is 6.10 Å². The van der Waals surface area contributed by atoms with E-state index in [1.807, 2.05) is 41.5 Å². The van der Waals surface area contributed by atoms with E-state index in [0.717, 1.165) is 42.1 Å². The fourth-order valence-electron chi connectivity index (χ4n) is 9.60. The minimum atomic E-state index is -0.250. The van der Waals surface area contributed by atoms with Crippen LogP contribution in [0.1, 0.15) is 140 Å². The zero-order chi connectivity index (χ0) is 29.1. The van der Waals surface area contributed by atoms with Crippen molar-refractivity contribution in [3.63, 3.8) is 0 Å². The first-order valence-corrected chi connectivity index (χ1v) is 16.8. The van der Waals surface area contributed by atoms with E-state index in [1.54, 1.807) is 0 Å². The van der Waals surface area contributed by atoms with Gasteiger partial charge in [-0.1, -0.05) is 95.4 Å². The first-order valence-electron chi connectivity index (χ1n) is 16.8. The molecule has 0 aromatic carbocycles. The van der Waals surface area contributed by atoms with Crippen LogP contribution >= 0.6 is 0 Å². The minimum Gasteiger partial charge on any atom is -0.483 e. The second kappa shape index (κ2) is 16.6. The Hall–Kier alpha value is -0.610. The van der Waals surface area contributed by atoms with E-state index in [-0.39, 0.29) is 6.47 Å². The first-order chi connectivity index (χ1) is 18.3. The molecule has 0 bridgehead atoms. The molecule has 11 atom stereocenters. The fraction of sp³-hybridized carbons (Fsp3) is 0.971. The number of ether oxygens (including phenoxy) is 1. The Balaban J connectivity index is 0.000000723. The van der Waals surface area contributed by atoms with Crippen molar-refractivity contribution in [1.29, 1.82) is 0 Å². The van der Waals surface area contributed by atoms with Gasteiger partial charge in [0.1, 0.15) is 6.23 Å². The van der Waals surface area contributed by atoms with Crippen LogP contribution < -0.4 is 5.32 Å². The standard InChI is InChI=1S/C27H47NO.3C2H6.CH2O2/c1-6-17(2)16-28-25-18(3)24-23(29-25)15-22-20-11-10-19-9-7-8-13-26(19,4)21(20)12-14-27(22,24)5;3*1-2;2-1-3/h17-25,28H,6-16H2,1-5H3;3*1-2H3;1H,(H,2,3)/t17-,18-,19?,20?,21?,22?,23-,24?,25-,26-,27-;;;;/m0..../s1. The lowest BCUT2D eigenvalue weighted by atomic mass is 9.44. The van der Waals surface area contributed by atoms with Gasteiger partial charge in [-0.2, -0.15) is 0 Å². The smallest absolute Gasteiger partial charge is 0.290 e. The minimum absolute atomic E-state index is 0.250. The third-order valence-corrected chi connectivity index (χ3v) is 11.4. The summed E-state index contributed by atoms with van der Waals surface area (Å²) in [4.78, 5) is 8.36. The van der Waals surface area contributed by atoms with Gasteiger partial charge in [-0.05, 0) is 91.3 Å². The third kappa shape index (κ3) is 6.99. The molecule has 1 heterocycles. The summed E-state index contributed by atoms with van der Waals surface area (Å²) < 4.78 is 6.75. The van der Waals surface area contributed by atoms with E-state index in [1.165, 1.54) is 64.2 Å². The van der Waals surface area contributed by atoms with E-state index in [2.05, 4.69) is 39.9 Å². The van der Waals surface area contributed by atoms with Crippen molar-refractivity contribution in [2.24, 2.45) is 52.3 Å². The average Bonchev–Trinajstić information content (AvgIpc) is 3.43. The van der Waals surface area contributed by atoms with Crippen LogP contribution in [-0.2, 0) is 9.53 Å². The van der Waals surface area contributed by atoms with Crippen molar-refractivity contribution in [3.8, 4) is 0 Å². The molecule has 5 rings (SSSR count). The number of hydrogen-bond donors (Lipinski definition) is 2. The molecular weight excluding hydrogens is 470 g/mol. The molecule has 4 nitrogen and oxygen atoms in total. The van der Waals surface area contributed by atoms with Crippen molar-refractivity contribution in [2.45, 2.75) is 153 Å². The largest absolute Gasteiger partial charge is 0.483 e. The van der Waals surface area contributed by atoms with E-state index in [0.29, 0.717) is 29.1 Å². The van der Waals surface area contributed by atoms with Gasteiger partial charge in [-0.25, -0.2) is 0 Å². The van der Waals surface area contributed by atoms with Crippen molar-refractivity contribution in [1.82, 2.24) is 5.32 Å². The van der Waals surface area contributed by atoms with Crippen LogP contribution in [0.4, 0.5) is 0 Å². The summed E-state index contributed by atoms with van der Waals surface area (Å²) >= 11 is 0. The highest BCUT2D eigenvalue weighted by Gasteiger charge is 2.65. The number of carbonyl (C=O) groups is 1.